The molecule has 22 heavy (non-hydrogen) atoms. The minimum atomic E-state index is -0.672. The second-order valence-electron chi connectivity index (χ2n) is 8.03. The Morgan fingerprint density at radius 1 is 1.14 bits per heavy atom. The Balaban J connectivity index is 2.02. The average Bonchev–Trinajstić information content (AvgIpc) is 2.83. The van der Waals surface area contributed by atoms with E-state index in [2.05, 4.69) is 33.1 Å². The molecule has 0 aromatic rings. The molecule has 3 aliphatic carbocycles. The van der Waals surface area contributed by atoms with Gasteiger partial charge in [-0.2, -0.15) is 0 Å². The Hall–Kier alpha value is -0.860. The van der Waals surface area contributed by atoms with E-state index in [1.165, 1.54) is 16.7 Å². The van der Waals surface area contributed by atoms with Gasteiger partial charge < -0.3 is 10.2 Å². The summed E-state index contributed by atoms with van der Waals surface area (Å²) in [4.78, 5) is 0. The van der Waals surface area contributed by atoms with Crippen LogP contribution in [0.25, 0.3) is 0 Å². The van der Waals surface area contributed by atoms with Crippen LogP contribution in [0.3, 0.4) is 0 Å². The van der Waals surface area contributed by atoms with Crippen LogP contribution < -0.4 is 0 Å². The molecule has 3 aliphatic rings. The van der Waals surface area contributed by atoms with Crippen LogP contribution in [-0.2, 0) is 0 Å². The van der Waals surface area contributed by atoms with E-state index in [1.807, 2.05) is 0 Å². The molecule has 2 N–H and O–H groups in total. The maximum Gasteiger partial charge on any atom is 0.0869 e. The van der Waals surface area contributed by atoms with Crippen molar-refractivity contribution < 1.29 is 10.2 Å². The topological polar surface area (TPSA) is 40.5 Å². The second-order valence-corrected chi connectivity index (χ2v) is 8.03. The summed E-state index contributed by atoms with van der Waals surface area (Å²) in [7, 11) is 0. The third-order valence-corrected chi connectivity index (χ3v) is 6.73. The van der Waals surface area contributed by atoms with Gasteiger partial charge >= 0.3 is 0 Å². The van der Waals surface area contributed by atoms with Gasteiger partial charge in [-0.25, -0.2) is 0 Å². The molecule has 0 amide bonds. The zero-order valence-corrected chi connectivity index (χ0v) is 14.0. The Kier molecular flexibility index (Phi) is 4.11. The molecule has 1 unspecified atom stereocenters. The van der Waals surface area contributed by atoms with Crippen molar-refractivity contribution >= 4 is 0 Å². The van der Waals surface area contributed by atoms with E-state index in [4.69, 9.17) is 0 Å². The molecule has 6 atom stereocenters. The van der Waals surface area contributed by atoms with Crippen LogP contribution in [0.2, 0.25) is 0 Å². The highest BCUT2D eigenvalue weighted by Gasteiger charge is 2.58. The molecule has 2 fully saturated rings. The minimum absolute atomic E-state index is 0.0166. The van der Waals surface area contributed by atoms with E-state index < -0.39 is 12.2 Å². The summed E-state index contributed by atoms with van der Waals surface area (Å²) in [5, 5.41) is 21.5. The predicted octanol–water partition coefficient (Wildman–Crippen LogP) is 4.00. The summed E-state index contributed by atoms with van der Waals surface area (Å²) in [6, 6.07) is 0. The van der Waals surface area contributed by atoms with Crippen LogP contribution in [-0.4, -0.2) is 22.4 Å². The highest BCUT2D eigenvalue weighted by atomic mass is 16.3. The van der Waals surface area contributed by atoms with Gasteiger partial charge in [-0.3, -0.25) is 0 Å². The van der Waals surface area contributed by atoms with Crippen LogP contribution in [0.4, 0.5) is 0 Å². The quantitative estimate of drug-likeness (QED) is 0.664. The zero-order chi connectivity index (χ0) is 16.1. The Bertz CT molecular complexity index is 518. The number of aliphatic hydroxyl groups excluding tert-OH is 2. The normalized spacial score (nSPS) is 48.5. The smallest absolute Gasteiger partial charge is 0.0869 e. The van der Waals surface area contributed by atoms with E-state index in [9.17, 15) is 10.2 Å². The summed E-state index contributed by atoms with van der Waals surface area (Å²) < 4.78 is 0. The fourth-order valence-corrected chi connectivity index (χ4v) is 5.29. The molecule has 0 radical (unpaired) electrons. The SMILES string of the molecule is C=C1CC/C=C(\C)CC[C@H]2C(=C)[C@@H]3C1CC[C@]3(C)[C@@H](O)[C@H]2O. The van der Waals surface area contributed by atoms with Gasteiger partial charge in [0.15, 0.2) is 0 Å². The van der Waals surface area contributed by atoms with Crippen LogP contribution in [0, 0.1) is 23.2 Å². The molecule has 0 saturated heterocycles. The molecule has 122 valence electrons. The molecule has 0 heterocycles. The highest BCUT2D eigenvalue weighted by Crippen LogP contribution is 2.60. The molecule has 2 bridgehead atoms. The lowest BCUT2D eigenvalue weighted by molar-refractivity contribution is -0.114. The first-order valence-corrected chi connectivity index (χ1v) is 8.74. The molecule has 2 saturated carbocycles. The van der Waals surface area contributed by atoms with Crippen molar-refractivity contribution in [1.29, 1.82) is 0 Å². The first-order chi connectivity index (χ1) is 10.4. The molecule has 0 aromatic carbocycles. The largest absolute Gasteiger partial charge is 0.390 e. The third kappa shape index (κ3) is 2.32. The minimum Gasteiger partial charge on any atom is -0.390 e. The lowest BCUT2D eigenvalue weighted by Gasteiger charge is -2.50. The number of hydrogen-bond donors (Lipinski definition) is 2. The Labute approximate surface area is 134 Å². The molecular weight excluding hydrogens is 272 g/mol. The van der Waals surface area contributed by atoms with E-state index in [0.717, 1.165) is 38.5 Å². The van der Waals surface area contributed by atoms with E-state index in [-0.39, 0.29) is 17.3 Å². The third-order valence-electron chi connectivity index (χ3n) is 6.73. The van der Waals surface area contributed by atoms with Gasteiger partial charge in [0.2, 0.25) is 0 Å². The maximum atomic E-state index is 10.8. The molecule has 0 aliphatic heterocycles. The van der Waals surface area contributed by atoms with Crippen LogP contribution in [0.15, 0.2) is 36.0 Å². The van der Waals surface area contributed by atoms with Gasteiger partial charge in [0.25, 0.3) is 0 Å². The monoisotopic (exact) mass is 302 g/mol. The van der Waals surface area contributed by atoms with Gasteiger partial charge in [0, 0.05) is 11.3 Å². The van der Waals surface area contributed by atoms with Gasteiger partial charge in [0.05, 0.1) is 12.2 Å². The Morgan fingerprint density at radius 2 is 1.86 bits per heavy atom. The average molecular weight is 302 g/mol. The van der Waals surface area contributed by atoms with Crippen LogP contribution in [0.5, 0.6) is 0 Å². The number of allylic oxidation sites excluding steroid dienone is 3. The summed E-state index contributed by atoms with van der Waals surface area (Å²) in [6.45, 7) is 13.1. The van der Waals surface area contributed by atoms with Crippen molar-refractivity contribution in [3.63, 3.8) is 0 Å². The van der Waals surface area contributed by atoms with Crippen molar-refractivity contribution in [3.05, 3.63) is 36.0 Å². The molecule has 3 rings (SSSR count). The number of rotatable bonds is 0. The summed E-state index contributed by atoms with van der Waals surface area (Å²) in [5.74, 6) is 0.721. The fraction of sp³-hybridized carbons (Fsp3) is 0.700. The first kappa shape index (κ1) is 16.0. The van der Waals surface area contributed by atoms with Crippen molar-refractivity contribution in [1.82, 2.24) is 0 Å². The van der Waals surface area contributed by atoms with E-state index >= 15 is 0 Å². The molecule has 0 aromatic heterocycles. The predicted molar refractivity (Wildman–Crippen MR) is 90.3 cm³/mol. The molecule has 2 nitrogen and oxygen atoms in total. The lowest BCUT2D eigenvalue weighted by atomic mass is 9.58. The standard InChI is InChI=1S/C20H30O2/c1-12-6-5-7-13(2)15-10-11-20(4)17(15)14(3)16(9-8-12)18(21)19(20)22/h6,15-19,21-22H,2-3,5,7-11H2,1,4H3/b12-6+/t15?,16-,17+,18-,19-,20-/m0/s1. The van der Waals surface area contributed by atoms with Gasteiger partial charge in [0.1, 0.15) is 0 Å². The first-order valence-electron chi connectivity index (χ1n) is 8.74. The van der Waals surface area contributed by atoms with Crippen molar-refractivity contribution in [3.8, 4) is 0 Å². The van der Waals surface area contributed by atoms with Gasteiger partial charge in [-0.05, 0) is 57.3 Å². The summed E-state index contributed by atoms with van der Waals surface area (Å²) in [5.41, 5.74) is 3.61. The van der Waals surface area contributed by atoms with Crippen LogP contribution in [0.1, 0.15) is 52.4 Å². The summed E-state index contributed by atoms with van der Waals surface area (Å²) >= 11 is 0. The van der Waals surface area contributed by atoms with Crippen molar-refractivity contribution in [2.24, 2.45) is 23.2 Å². The Morgan fingerprint density at radius 3 is 2.59 bits per heavy atom. The summed E-state index contributed by atoms with van der Waals surface area (Å²) in [6.07, 6.45) is 7.00. The number of aliphatic hydroxyl groups is 2. The molecule has 0 spiro atoms. The van der Waals surface area contributed by atoms with Gasteiger partial charge in [-0.15, -0.1) is 0 Å². The van der Waals surface area contributed by atoms with Crippen LogP contribution >= 0.6 is 0 Å². The molecular formula is C20H30O2. The fourth-order valence-electron chi connectivity index (χ4n) is 5.29. The van der Waals surface area contributed by atoms with Crippen molar-refractivity contribution in [2.75, 3.05) is 0 Å². The second kappa shape index (κ2) is 5.65. The highest BCUT2D eigenvalue weighted by molar-refractivity contribution is 5.28. The number of hydrogen-bond acceptors (Lipinski definition) is 2. The maximum absolute atomic E-state index is 10.8. The lowest BCUT2D eigenvalue weighted by Crippen LogP contribution is -2.54. The zero-order valence-electron chi connectivity index (χ0n) is 14.0. The van der Waals surface area contributed by atoms with E-state index in [0.29, 0.717) is 5.92 Å². The van der Waals surface area contributed by atoms with E-state index in [1.54, 1.807) is 0 Å². The van der Waals surface area contributed by atoms with Crippen molar-refractivity contribution in [2.45, 2.75) is 64.6 Å². The molecule has 2 heteroatoms. The number of fused-ring (bicyclic) bond motifs is 1. The van der Waals surface area contributed by atoms with Gasteiger partial charge in [-0.1, -0.05) is 42.9 Å².